The molecule has 2 amide bonds. The SMILES string of the molecule is CCOC(=O)COc1c(Br)cc(/C=N\N[C@@H](O)COc2ccc([C@@H]3NC(=O)NC(C)=C3C(=O)OC)cc2OCC)cc1I. The number of ether oxygens (including phenoxy) is 5. The number of aliphatic hydroxyl groups is 1. The van der Waals surface area contributed by atoms with Crippen molar-refractivity contribution < 1.29 is 43.2 Å². The number of carbonyl (C=O) groups excluding carboxylic acids is 3. The minimum Gasteiger partial charge on any atom is -0.490 e. The van der Waals surface area contributed by atoms with Crippen molar-refractivity contribution in [1.82, 2.24) is 16.1 Å². The topological polar surface area (TPSA) is 166 Å². The van der Waals surface area contributed by atoms with Gasteiger partial charge in [-0.2, -0.15) is 5.10 Å². The molecule has 2 aromatic rings. The van der Waals surface area contributed by atoms with Crippen molar-refractivity contribution in [3.63, 3.8) is 0 Å². The summed E-state index contributed by atoms with van der Waals surface area (Å²) < 4.78 is 28.2. The van der Waals surface area contributed by atoms with Gasteiger partial charge in [0.05, 0.1) is 46.2 Å². The lowest BCUT2D eigenvalue weighted by Gasteiger charge is -2.28. The first-order valence-corrected chi connectivity index (χ1v) is 14.9. The molecule has 2 aromatic carbocycles. The molecule has 0 spiro atoms. The number of nitrogens with zero attached hydrogens (tertiary/aromatic N) is 1. The van der Waals surface area contributed by atoms with Crippen molar-refractivity contribution in [3.8, 4) is 17.2 Å². The van der Waals surface area contributed by atoms with E-state index in [4.69, 9.17) is 23.7 Å². The van der Waals surface area contributed by atoms with Crippen LogP contribution in [-0.2, 0) is 19.1 Å². The summed E-state index contributed by atoms with van der Waals surface area (Å²) in [5.74, 6) is 0.153. The molecule has 1 aliphatic heterocycles. The van der Waals surface area contributed by atoms with Gasteiger partial charge in [0.15, 0.2) is 24.3 Å². The van der Waals surface area contributed by atoms with Crippen LogP contribution in [0.25, 0.3) is 0 Å². The summed E-state index contributed by atoms with van der Waals surface area (Å²) in [6.45, 7) is 5.36. The van der Waals surface area contributed by atoms with Gasteiger partial charge < -0.3 is 39.4 Å². The van der Waals surface area contributed by atoms with E-state index in [9.17, 15) is 19.5 Å². The second-order valence-corrected chi connectivity index (χ2v) is 10.8. The lowest BCUT2D eigenvalue weighted by molar-refractivity contribution is -0.145. The van der Waals surface area contributed by atoms with Gasteiger partial charge >= 0.3 is 18.0 Å². The average Bonchev–Trinajstić information content (AvgIpc) is 2.95. The monoisotopic (exact) mass is 774 g/mol. The maximum Gasteiger partial charge on any atom is 0.344 e. The van der Waals surface area contributed by atoms with Crippen LogP contribution in [0.4, 0.5) is 4.79 Å². The summed E-state index contributed by atoms with van der Waals surface area (Å²) in [6.07, 6.45) is 0.341. The zero-order valence-corrected chi connectivity index (χ0v) is 27.6. The number of halogens is 2. The summed E-state index contributed by atoms with van der Waals surface area (Å²) in [5, 5.41) is 19.8. The number of methoxy groups -OCH3 is 1. The van der Waals surface area contributed by atoms with E-state index in [1.54, 1.807) is 51.1 Å². The fraction of sp³-hybridized carbons (Fsp3) is 0.357. The number of esters is 2. The van der Waals surface area contributed by atoms with Crippen LogP contribution in [0.2, 0.25) is 0 Å². The van der Waals surface area contributed by atoms with Crippen molar-refractivity contribution in [2.24, 2.45) is 5.10 Å². The first kappa shape index (κ1) is 33.9. The molecule has 0 radical (unpaired) electrons. The Bertz CT molecular complexity index is 1380. The number of hydrazone groups is 1. The van der Waals surface area contributed by atoms with E-state index < -0.39 is 30.2 Å². The Labute approximate surface area is 270 Å². The van der Waals surface area contributed by atoms with Crippen molar-refractivity contribution in [2.75, 3.05) is 33.5 Å². The summed E-state index contributed by atoms with van der Waals surface area (Å²) >= 11 is 5.51. The van der Waals surface area contributed by atoms with Crippen LogP contribution in [0, 0.1) is 3.57 Å². The van der Waals surface area contributed by atoms with Crippen LogP contribution < -0.4 is 30.3 Å². The number of aliphatic hydroxyl groups excluding tert-OH is 1. The van der Waals surface area contributed by atoms with Gasteiger partial charge in [-0.1, -0.05) is 6.07 Å². The van der Waals surface area contributed by atoms with Gasteiger partial charge in [0.1, 0.15) is 12.4 Å². The molecule has 13 nitrogen and oxygen atoms in total. The van der Waals surface area contributed by atoms with E-state index in [0.29, 0.717) is 45.2 Å². The number of hydrogen-bond donors (Lipinski definition) is 4. The molecule has 0 aliphatic carbocycles. The molecule has 0 aromatic heterocycles. The molecule has 232 valence electrons. The molecular weight excluding hydrogens is 743 g/mol. The zero-order valence-electron chi connectivity index (χ0n) is 23.9. The molecule has 0 unspecified atom stereocenters. The van der Waals surface area contributed by atoms with Gasteiger partial charge in [0, 0.05) is 5.70 Å². The number of amides is 2. The fourth-order valence-electron chi connectivity index (χ4n) is 3.95. The largest absolute Gasteiger partial charge is 0.490 e. The maximum atomic E-state index is 12.4. The quantitative estimate of drug-likeness (QED) is 0.0734. The summed E-state index contributed by atoms with van der Waals surface area (Å²) in [6, 6.07) is 7.29. The van der Waals surface area contributed by atoms with Gasteiger partial charge in [0.25, 0.3) is 0 Å². The third-order valence-electron chi connectivity index (χ3n) is 5.77. The van der Waals surface area contributed by atoms with Gasteiger partial charge in [-0.15, -0.1) is 0 Å². The first-order valence-electron chi connectivity index (χ1n) is 13.1. The minimum atomic E-state index is -1.17. The van der Waals surface area contributed by atoms with Crippen molar-refractivity contribution >= 4 is 62.7 Å². The van der Waals surface area contributed by atoms with Crippen molar-refractivity contribution in [2.45, 2.75) is 33.0 Å². The molecule has 1 heterocycles. The smallest absolute Gasteiger partial charge is 0.344 e. The zero-order chi connectivity index (χ0) is 31.5. The molecule has 4 N–H and O–H groups in total. The number of urea groups is 1. The number of nitrogens with one attached hydrogen (secondary N) is 3. The highest BCUT2D eigenvalue weighted by Crippen LogP contribution is 2.35. The van der Waals surface area contributed by atoms with E-state index >= 15 is 0 Å². The molecule has 0 saturated heterocycles. The second-order valence-electron chi connectivity index (χ2n) is 8.82. The highest BCUT2D eigenvalue weighted by atomic mass is 127. The van der Waals surface area contributed by atoms with E-state index in [1.165, 1.54) is 13.3 Å². The normalized spacial score (nSPS) is 15.3. The lowest BCUT2D eigenvalue weighted by Crippen LogP contribution is -2.45. The molecule has 2 atom stereocenters. The van der Waals surface area contributed by atoms with Crippen molar-refractivity contribution in [1.29, 1.82) is 0 Å². The molecule has 15 heteroatoms. The van der Waals surface area contributed by atoms with Gasteiger partial charge in [0.2, 0.25) is 0 Å². The van der Waals surface area contributed by atoms with Crippen LogP contribution in [0.5, 0.6) is 17.2 Å². The standard InChI is InChI=1S/C28H32BrIN4O9/c1-5-40-21-11-17(25-24(27(37)39-4)15(3)32-28(38)33-25)7-8-20(21)42-13-22(35)34-31-12-16-9-18(29)26(19(30)10-16)43-14-23(36)41-6-2/h7-12,22,25,34-35H,5-6,13-14H2,1-4H3,(H2,32,33,38)/b31-12-/t22-,25-/m0/s1. The second kappa shape index (κ2) is 16.3. The van der Waals surface area contributed by atoms with E-state index in [1.807, 2.05) is 0 Å². The Balaban J connectivity index is 1.64. The van der Waals surface area contributed by atoms with E-state index in [-0.39, 0.29) is 25.4 Å². The lowest BCUT2D eigenvalue weighted by atomic mass is 9.95. The molecule has 1 aliphatic rings. The Morgan fingerprint density at radius 2 is 1.93 bits per heavy atom. The van der Waals surface area contributed by atoms with Crippen LogP contribution in [0.15, 0.2) is 51.2 Å². The molecular formula is C28H32BrIN4O9. The van der Waals surface area contributed by atoms with Crippen LogP contribution >= 0.6 is 38.5 Å². The van der Waals surface area contributed by atoms with Crippen molar-refractivity contribution in [3.05, 3.63) is 60.8 Å². The van der Waals surface area contributed by atoms with Gasteiger partial charge in [-0.05, 0) is 94.7 Å². The number of hydrogen-bond acceptors (Lipinski definition) is 11. The Kier molecular flexibility index (Phi) is 12.9. The number of rotatable bonds is 14. The highest BCUT2D eigenvalue weighted by molar-refractivity contribution is 14.1. The Hall–Kier alpha value is -3.57. The summed E-state index contributed by atoms with van der Waals surface area (Å²) in [7, 11) is 1.27. The predicted octanol–water partition coefficient (Wildman–Crippen LogP) is 3.52. The van der Waals surface area contributed by atoms with E-state index in [2.05, 4.69) is 59.7 Å². The first-order chi connectivity index (χ1) is 20.6. The molecule has 0 bridgehead atoms. The average molecular weight is 775 g/mol. The molecule has 3 rings (SSSR count). The Morgan fingerprint density at radius 3 is 2.60 bits per heavy atom. The highest BCUT2D eigenvalue weighted by Gasteiger charge is 2.32. The fourth-order valence-corrected chi connectivity index (χ4v) is 5.71. The van der Waals surface area contributed by atoms with Crippen LogP contribution in [0.3, 0.4) is 0 Å². The number of allylic oxidation sites excluding steroid dienone is 1. The molecule has 0 fully saturated rings. The summed E-state index contributed by atoms with van der Waals surface area (Å²) in [4.78, 5) is 36.1. The molecule has 43 heavy (non-hydrogen) atoms. The molecule has 0 saturated carbocycles. The number of benzene rings is 2. The third-order valence-corrected chi connectivity index (χ3v) is 7.16. The van der Waals surface area contributed by atoms with Crippen LogP contribution in [0.1, 0.15) is 37.9 Å². The Morgan fingerprint density at radius 1 is 1.16 bits per heavy atom. The maximum absolute atomic E-state index is 12.4. The number of carbonyl (C=O) groups is 3. The van der Waals surface area contributed by atoms with Gasteiger partial charge in [-0.3, -0.25) is 5.43 Å². The van der Waals surface area contributed by atoms with E-state index in [0.717, 1.165) is 3.57 Å². The summed E-state index contributed by atoms with van der Waals surface area (Å²) in [5.41, 5.74) is 4.52. The van der Waals surface area contributed by atoms with Crippen LogP contribution in [-0.4, -0.2) is 69.1 Å². The van der Waals surface area contributed by atoms with Gasteiger partial charge in [-0.25, -0.2) is 14.4 Å². The minimum absolute atomic E-state index is 0.171. The predicted molar refractivity (Wildman–Crippen MR) is 168 cm³/mol. The third kappa shape index (κ3) is 9.46.